The fourth-order valence-electron chi connectivity index (χ4n) is 4.45. The van der Waals surface area contributed by atoms with Gasteiger partial charge in [-0.1, -0.05) is 48.5 Å². The Balaban J connectivity index is 1.21. The van der Waals surface area contributed by atoms with Gasteiger partial charge in [0.15, 0.2) is 0 Å². The lowest BCUT2D eigenvalue weighted by atomic mass is 10.1. The van der Waals surface area contributed by atoms with Crippen molar-refractivity contribution in [1.29, 1.82) is 0 Å². The summed E-state index contributed by atoms with van der Waals surface area (Å²) in [6, 6.07) is 20.2. The van der Waals surface area contributed by atoms with E-state index in [9.17, 15) is 9.59 Å². The van der Waals surface area contributed by atoms with Crippen LogP contribution in [0.15, 0.2) is 65.5 Å². The highest BCUT2D eigenvalue weighted by atomic mass is 16.2. The highest BCUT2D eigenvalue weighted by Gasteiger charge is 2.22. The molecule has 35 heavy (non-hydrogen) atoms. The second kappa shape index (κ2) is 10.0. The number of nitrogens with one attached hydrogen (secondary N) is 2. The molecule has 0 unspecified atom stereocenters. The molecule has 4 aromatic rings. The average Bonchev–Trinajstić information content (AvgIpc) is 3.31. The highest BCUT2D eigenvalue weighted by Crippen LogP contribution is 2.16. The third kappa shape index (κ3) is 5.03. The molecular weight excluding hydrogens is 442 g/mol. The maximum Gasteiger partial charge on any atom is 0.277 e. The Morgan fingerprint density at radius 1 is 0.971 bits per heavy atom. The van der Waals surface area contributed by atoms with Gasteiger partial charge in [0, 0.05) is 50.4 Å². The van der Waals surface area contributed by atoms with Crippen LogP contribution in [0.1, 0.15) is 23.2 Å². The van der Waals surface area contributed by atoms with E-state index in [0.717, 1.165) is 18.7 Å². The zero-order valence-corrected chi connectivity index (χ0v) is 19.8. The number of carbonyl (C=O) groups is 1. The fraction of sp³-hybridized carbons (Fsp3) is 0.308. The molecule has 2 N–H and O–H groups in total. The van der Waals surface area contributed by atoms with Crippen molar-refractivity contribution in [3.63, 3.8) is 0 Å². The number of hydrogen-bond donors (Lipinski definition) is 2. The maximum absolute atomic E-state index is 13.1. The first kappa shape index (κ1) is 22.6. The predicted molar refractivity (Wildman–Crippen MR) is 136 cm³/mol. The molecule has 3 heterocycles. The summed E-state index contributed by atoms with van der Waals surface area (Å²) in [4.78, 5) is 39.1. The number of rotatable bonds is 7. The van der Waals surface area contributed by atoms with Crippen LogP contribution in [0.2, 0.25) is 0 Å². The van der Waals surface area contributed by atoms with Crippen molar-refractivity contribution < 1.29 is 4.79 Å². The van der Waals surface area contributed by atoms with Gasteiger partial charge in [-0.05, 0) is 31.0 Å². The number of aromatic nitrogens is 4. The van der Waals surface area contributed by atoms with E-state index in [4.69, 9.17) is 0 Å². The molecular formula is C26H29N7O2. The van der Waals surface area contributed by atoms with Crippen LogP contribution in [0.25, 0.3) is 5.78 Å². The minimum atomic E-state index is -0.213. The fourth-order valence-corrected chi connectivity index (χ4v) is 4.45. The van der Waals surface area contributed by atoms with Gasteiger partial charge in [-0.15, -0.1) is 0 Å². The van der Waals surface area contributed by atoms with Gasteiger partial charge in [-0.25, -0.2) is 4.98 Å². The largest absolute Gasteiger partial charge is 0.368 e. The van der Waals surface area contributed by atoms with Crippen molar-refractivity contribution in [2.75, 3.05) is 36.4 Å². The third-order valence-corrected chi connectivity index (χ3v) is 6.44. The number of nitrogens with zero attached hydrogens (tertiary/aromatic N) is 5. The Morgan fingerprint density at radius 2 is 1.66 bits per heavy atom. The van der Waals surface area contributed by atoms with Crippen molar-refractivity contribution >= 4 is 23.3 Å². The summed E-state index contributed by atoms with van der Waals surface area (Å²) in [5, 5.41) is 6.19. The van der Waals surface area contributed by atoms with Crippen LogP contribution in [0.5, 0.6) is 0 Å². The molecule has 9 heteroatoms. The van der Waals surface area contributed by atoms with Gasteiger partial charge in [-0.2, -0.15) is 9.50 Å². The number of amides is 1. The zero-order valence-electron chi connectivity index (χ0n) is 19.8. The van der Waals surface area contributed by atoms with Crippen molar-refractivity contribution in [3.05, 3.63) is 87.8 Å². The van der Waals surface area contributed by atoms with E-state index in [1.165, 1.54) is 10.2 Å². The molecule has 2 aromatic carbocycles. The van der Waals surface area contributed by atoms with Crippen LogP contribution in [-0.4, -0.2) is 56.6 Å². The summed E-state index contributed by atoms with van der Waals surface area (Å²) < 4.78 is 1.35. The van der Waals surface area contributed by atoms with Crippen LogP contribution in [-0.2, 0) is 17.8 Å². The molecule has 0 saturated carbocycles. The van der Waals surface area contributed by atoms with Gasteiger partial charge in [0.25, 0.3) is 11.3 Å². The summed E-state index contributed by atoms with van der Waals surface area (Å²) in [5.74, 6) is 0.856. The average molecular weight is 472 g/mol. The third-order valence-electron chi connectivity index (χ3n) is 6.44. The second-order valence-electron chi connectivity index (χ2n) is 8.73. The Morgan fingerprint density at radius 3 is 2.37 bits per heavy atom. The van der Waals surface area contributed by atoms with Crippen LogP contribution in [0, 0.1) is 6.92 Å². The quantitative estimate of drug-likeness (QED) is 0.430. The van der Waals surface area contributed by atoms with Crippen LogP contribution >= 0.6 is 0 Å². The van der Waals surface area contributed by atoms with Gasteiger partial charge < -0.3 is 15.1 Å². The maximum atomic E-state index is 13.1. The molecule has 1 fully saturated rings. The second-order valence-corrected chi connectivity index (χ2v) is 8.73. The van der Waals surface area contributed by atoms with Crippen molar-refractivity contribution in [2.45, 2.75) is 26.3 Å². The Bertz CT molecular complexity index is 1360. The molecule has 0 bridgehead atoms. The molecule has 0 aliphatic carbocycles. The number of aryl methyl sites for hydroxylation is 1. The lowest BCUT2D eigenvalue weighted by molar-refractivity contribution is -0.131. The number of H-pyrrole nitrogens is 1. The number of hydrogen-bond acceptors (Lipinski definition) is 6. The van der Waals surface area contributed by atoms with Crippen LogP contribution in [0.4, 0.5) is 11.6 Å². The van der Waals surface area contributed by atoms with Gasteiger partial charge in [0.05, 0.1) is 5.69 Å². The van der Waals surface area contributed by atoms with E-state index in [0.29, 0.717) is 49.0 Å². The number of piperazine rings is 1. The minimum Gasteiger partial charge on any atom is -0.368 e. The Labute approximate surface area is 203 Å². The van der Waals surface area contributed by atoms with Crippen molar-refractivity contribution in [2.24, 2.45) is 0 Å². The Hall–Kier alpha value is -4.14. The molecule has 5 rings (SSSR count). The van der Waals surface area contributed by atoms with E-state index >= 15 is 0 Å². The number of fused-ring (bicyclic) bond motifs is 1. The lowest BCUT2D eigenvalue weighted by Crippen LogP contribution is -2.48. The molecule has 1 aliphatic rings. The first-order chi connectivity index (χ1) is 17.1. The molecule has 180 valence electrons. The number of para-hydroxylation sites is 1. The van der Waals surface area contributed by atoms with Crippen molar-refractivity contribution in [3.8, 4) is 0 Å². The Kier molecular flexibility index (Phi) is 6.47. The van der Waals surface area contributed by atoms with E-state index in [1.807, 2.05) is 53.4 Å². The summed E-state index contributed by atoms with van der Waals surface area (Å²) in [6.07, 6.45) is 0.631. The van der Waals surface area contributed by atoms with Gasteiger partial charge >= 0.3 is 0 Å². The molecule has 9 nitrogen and oxygen atoms in total. The summed E-state index contributed by atoms with van der Waals surface area (Å²) in [6.45, 7) is 5.34. The van der Waals surface area contributed by atoms with E-state index in [2.05, 4.69) is 37.4 Å². The smallest absolute Gasteiger partial charge is 0.277 e. The summed E-state index contributed by atoms with van der Waals surface area (Å²) in [7, 11) is 0. The number of benzene rings is 2. The number of carbonyl (C=O) groups excluding carboxylic acids is 1. The highest BCUT2D eigenvalue weighted by molar-refractivity contribution is 5.76. The van der Waals surface area contributed by atoms with Crippen LogP contribution in [0.3, 0.4) is 0 Å². The summed E-state index contributed by atoms with van der Waals surface area (Å²) in [5.41, 5.74) is 3.22. The number of anilines is 2. The molecule has 1 aliphatic heterocycles. The van der Waals surface area contributed by atoms with E-state index < -0.39 is 0 Å². The first-order valence-electron chi connectivity index (χ1n) is 11.9. The molecule has 2 aromatic heterocycles. The van der Waals surface area contributed by atoms with Gasteiger partial charge in [-0.3, -0.25) is 14.7 Å². The minimum absolute atomic E-state index is 0.0661. The normalized spacial score (nSPS) is 13.9. The SMILES string of the molecule is Cc1nc2nc(NCc3ccccc3)[nH]n2c(=O)c1CCC(=O)N1CCN(c2ccccc2)CC1. The van der Waals surface area contributed by atoms with Gasteiger partial charge in [0.1, 0.15) is 0 Å². The lowest BCUT2D eigenvalue weighted by Gasteiger charge is -2.36. The van der Waals surface area contributed by atoms with Gasteiger partial charge in [0.2, 0.25) is 11.9 Å². The molecule has 1 amide bonds. The summed E-state index contributed by atoms with van der Waals surface area (Å²) >= 11 is 0. The number of aromatic amines is 1. The van der Waals surface area contributed by atoms with Crippen LogP contribution < -0.4 is 15.8 Å². The molecule has 0 atom stereocenters. The molecule has 0 spiro atoms. The topological polar surface area (TPSA) is 98.6 Å². The predicted octanol–water partition coefficient (Wildman–Crippen LogP) is 2.62. The first-order valence-corrected chi connectivity index (χ1v) is 11.9. The monoisotopic (exact) mass is 471 g/mol. The zero-order chi connectivity index (χ0) is 24.2. The standard InChI is InChI=1S/C26H29N7O2/c1-19-22(12-13-23(34)32-16-14-31(15-17-32)21-10-6-3-7-11-21)24(35)33-26(28-19)29-25(30-33)27-18-20-8-4-2-5-9-20/h2-11H,12-18H2,1H3,(H2,27,28,29,30). The molecule has 1 saturated heterocycles. The van der Waals surface area contributed by atoms with E-state index in [1.54, 1.807) is 6.92 Å². The molecule has 0 radical (unpaired) electrons. The van der Waals surface area contributed by atoms with E-state index in [-0.39, 0.29) is 17.9 Å². The van der Waals surface area contributed by atoms with Crippen molar-refractivity contribution in [1.82, 2.24) is 24.5 Å².